The quantitative estimate of drug-likeness (QED) is 0.830. The first-order valence-corrected chi connectivity index (χ1v) is 7.24. The summed E-state index contributed by atoms with van der Waals surface area (Å²) in [6.45, 7) is 0. The zero-order valence-corrected chi connectivity index (χ0v) is 12.3. The average molecular weight is 347 g/mol. The number of nitrogens with one attached hydrogen (secondary N) is 1. The lowest BCUT2D eigenvalue weighted by Crippen LogP contribution is -2.41. The summed E-state index contributed by atoms with van der Waals surface area (Å²) in [6, 6.07) is 6.23. The number of halogens is 4. The van der Waals surface area contributed by atoms with Crippen LogP contribution in [0, 0.1) is 17.2 Å². The van der Waals surface area contributed by atoms with Gasteiger partial charge in [-0.1, -0.05) is 12.8 Å². The van der Waals surface area contributed by atoms with Crippen LogP contribution < -0.4 is 5.32 Å². The van der Waals surface area contributed by atoms with Gasteiger partial charge in [-0.15, -0.1) is 0 Å². The maximum absolute atomic E-state index is 13.0. The van der Waals surface area contributed by atoms with Crippen LogP contribution in [0.1, 0.15) is 31.2 Å². The summed E-state index contributed by atoms with van der Waals surface area (Å²) < 4.78 is 39.7. The Morgan fingerprint density at radius 2 is 1.95 bits per heavy atom. The maximum atomic E-state index is 13.0. The van der Waals surface area contributed by atoms with Crippen LogP contribution in [0.3, 0.4) is 0 Å². The molecular weight excluding hydrogens is 333 g/mol. The lowest BCUT2D eigenvalue weighted by atomic mass is 9.84. The van der Waals surface area contributed by atoms with Gasteiger partial charge in [0.15, 0.2) is 0 Å². The monoisotopic (exact) mass is 346 g/mol. The van der Waals surface area contributed by atoms with Gasteiger partial charge in [0.25, 0.3) is 0 Å². The average Bonchev–Trinajstić information content (AvgIpc) is 2.40. The molecule has 0 heterocycles. The smallest absolute Gasteiger partial charge is 0.381 e. The maximum Gasteiger partial charge on any atom is 0.393 e. The van der Waals surface area contributed by atoms with Gasteiger partial charge in [-0.3, -0.25) is 0 Å². The van der Waals surface area contributed by atoms with Crippen LogP contribution in [0.25, 0.3) is 0 Å². The first kappa shape index (κ1) is 15.2. The first-order valence-electron chi connectivity index (χ1n) is 6.44. The molecule has 1 N–H and O–H groups in total. The molecule has 0 saturated heterocycles. The van der Waals surface area contributed by atoms with Crippen molar-refractivity contribution in [1.82, 2.24) is 0 Å². The Hall–Kier alpha value is -1.22. The molecule has 0 spiro atoms. The molecule has 1 aliphatic carbocycles. The molecule has 2 unspecified atom stereocenters. The van der Waals surface area contributed by atoms with Gasteiger partial charge in [-0.05, 0) is 47.0 Å². The fourth-order valence-electron chi connectivity index (χ4n) is 2.60. The fourth-order valence-corrected chi connectivity index (χ4v) is 3.09. The van der Waals surface area contributed by atoms with E-state index >= 15 is 0 Å². The molecule has 0 radical (unpaired) electrons. The van der Waals surface area contributed by atoms with Crippen LogP contribution in [0.15, 0.2) is 22.7 Å². The van der Waals surface area contributed by atoms with Crippen LogP contribution in [-0.2, 0) is 0 Å². The molecule has 0 amide bonds. The zero-order valence-electron chi connectivity index (χ0n) is 10.7. The van der Waals surface area contributed by atoms with Crippen molar-refractivity contribution < 1.29 is 13.2 Å². The van der Waals surface area contributed by atoms with Crippen molar-refractivity contribution in [3.63, 3.8) is 0 Å². The molecule has 1 fully saturated rings. The second-order valence-corrected chi connectivity index (χ2v) is 5.84. The lowest BCUT2D eigenvalue weighted by Gasteiger charge is -2.34. The van der Waals surface area contributed by atoms with Crippen molar-refractivity contribution in [2.75, 3.05) is 5.32 Å². The minimum Gasteiger partial charge on any atom is -0.381 e. The summed E-state index contributed by atoms with van der Waals surface area (Å²) in [5.74, 6) is -1.31. The Morgan fingerprint density at radius 1 is 1.25 bits per heavy atom. The van der Waals surface area contributed by atoms with Crippen LogP contribution >= 0.6 is 15.9 Å². The Kier molecular flexibility index (Phi) is 4.59. The molecule has 2 nitrogen and oxygen atoms in total. The lowest BCUT2D eigenvalue weighted by molar-refractivity contribution is -0.184. The van der Waals surface area contributed by atoms with E-state index in [4.69, 9.17) is 5.26 Å². The van der Waals surface area contributed by atoms with Crippen molar-refractivity contribution >= 4 is 21.6 Å². The van der Waals surface area contributed by atoms with Gasteiger partial charge in [0.1, 0.15) is 0 Å². The molecule has 1 aromatic rings. The van der Waals surface area contributed by atoms with Gasteiger partial charge in [0, 0.05) is 16.2 Å². The molecule has 1 aromatic carbocycles. The third-order valence-electron chi connectivity index (χ3n) is 3.63. The third-order valence-corrected chi connectivity index (χ3v) is 4.28. The van der Waals surface area contributed by atoms with Gasteiger partial charge >= 0.3 is 6.18 Å². The second-order valence-electron chi connectivity index (χ2n) is 4.99. The van der Waals surface area contributed by atoms with Gasteiger partial charge < -0.3 is 5.32 Å². The molecular formula is C14H14BrF3N2. The number of benzene rings is 1. The number of hydrogen-bond donors (Lipinski definition) is 1. The highest BCUT2D eigenvalue weighted by molar-refractivity contribution is 9.10. The van der Waals surface area contributed by atoms with E-state index in [2.05, 4.69) is 21.2 Å². The Labute approximate surface area is 124 Å². The van der Waals surface area contributed by atoms with E-state index in [9.17, 15) is 13.2 Å². The van der Waals surface area contributed by atoms with Crippen LogP contribution in [0.2, 0.25) is 0 Å². The van der Waals surface area contributed by atoms with E-state index in [1.807, 2.05) is 6.07 Å². The minimum atomic E-state index is -4.17. The molecule has 6 heteroatoms. The summed E-state index contributed by atoms with van der Waals surface area (Å²) >= 11 is 3.29. The number of anilines is 1. The molecule has 108 valence electrons. The van der Waals surface area contributed by atoms with Crippen LogP contribution in [0.5, 0.6) is 0 Å². The molecule has 0 aliphatic heterocycles. The van der Waals surface area contributed by atoms with Crippen molar-refractivity contribution in [2.45, 2.75) is 37.9 Å². The predicted octanol–water partition coefficient (Wildman–Crippen LogP) is 4.85. The molecule has 2 atom stereocenters. The summed E-state index contributed by atoms with van der Waals surface area (Å²) in [5.41, 5.74) is 1.07. The molecule has 0 aromatic heterocycles. The largest absolute Gasteiger partial charge is 0.393 e. The van der Waals surface area contributed by atoms with E-state index in [1.54, 1.807) is 18.2 Å². The Bertz CT molecular complexity index is 522. The molecule has 0 bridgehead atoms. The van der Waals surface area contributed by atoms with Crippen molar-refractivity contribution in [3.05, 3.63) is 28.2 Å². The molecule has 1 aliphatic rings. The van der Waals surface area contributed by atoms with E-state index in [0.29, 0.717) is 28.6 Å². The van der Waals surface area contributed by atoms with Gasteiger partial charge in [0.05, 0.1) is 17.6 Å². The predicted molar refractivity (Wildman–Crippen MR) is 74.3 cm³/mol. The summed E-state index contributed by atoms with van der Waals surface area (Å²) in [4.78, 5) is 0. The summed E-state index contributed by atoms with van der Waals surface area (Å²) in [7, 11) is 0. The Morgan fingerprint density at radius 3 is 2.55 bits per heavy atom. The molecule has 2 rings (SSSR count). The summed E-state index contributed by atoms with van der Waals surface area (Å²) in [6.07, 6.45) is -2.06. The highest BCUT2D eigenvalue weighted by Crippen LogP contribution is 2.39. The fraction of sp³-hybridized carbons (Fsp3) is 0.500. The SMILES string of the molecule is N#Cc1ccc(NC2CCCCC2C(F)(F)F)c(Br)c1. The normalized spacial score (nSPS) is 23.1. The minimum absolute atomic E-state index is 0.176. The number of hydrogen-bond acceptors (Lipinski definition) is 2. The summed E-state index contributed by atoms with van der Waals surface area (Å²) in [5, 5.41) is 11.8. The number of nitrogens with zero attached hydrogens (tertiary/aromatic N) is 1. The van der Waals surface area contributed by atoms with E-state index in [-0.39, 0.29) is 6.42 Å². The standard InChI is InChI=1S/C14H14BrF3N2/c15-11-7-9(8-19)5-6-13(11)20-12-4-2-1-3-10(12)14(16,17)18/h5-7,10,12,20H,1-4H2. The van der Waals surface area contributed by atoms with E-state index < -0.39 is 18.1 Å². The topological polar surface area (TPSA) is 35.8 Å². The van der Waals surface area contributed by atoms with E-state index in [1.165, 1.54) is 0 Å². The second kappa shape index (κ2) is 6.04. The third kappa shape index (κ3) is 3.45. The van der Waals surface area contributed by atoms with Crippen LogP contribution in [-0.4, -0.2) is 12.2 Å². The number of alkyl halides is 3. The van der Waals surface area contributed by atoms with Gasteiger partial charge in [-0.2, -0.15) is 18.4 Å². The van der Waals surface area contributed by atoms with E-state index in [0.717, 1.165) is 6.42 Å². The number of rotatable bonds is 2. The zero-order chi connectivity index (χ0) is 14.8. The van der Waals surface area contributed by atoms with Gasteiger partial charge in [-0.25, -0.2) is 0 Å². The van der Waals surface area contributed by atoms with Crippen molar-refractivity contribution in [3.8, 4) is 6.07 Å². The van der Waals surface area contributed by atoms with Gasteiger partial charge in [0.2, 0.25) is 0 Å². The van der Waals surface area contributed by atoms with Crippen molar-refractivity contribution in [1.29, 1.82) is 5.26 Å². The molecule has 20 heavy (non-hydrogen) atoms. The highest BCUT2D eigenvalue weighted by Gasteiger charge is 2.45. The molecule has 1 saturated carbocycles. The van der Waals surface area contributed by atoms with Crippen LogP contribution in [0.4, 0.5) is 18.9 Å². The highest BCUT2D eigenvalue weighted by atomic mass is 79.9. The Balaban J connectivity index is 2.17. The van der Waals surface area contributed by atoms with Crippen molar-refractivity contribution in [2.24, 2.45) is 5.92 Å². The number of nitriles is 1. The first-order chi connectivity index (χ1) is 9.41.